The van der Waals surface area contributed by atoms with E-state index in [9.17, 15) is 14.4 Å². The molecule has 2 aromatic rings. The fourth-order valence-corrected chi connectivity index (χ4v) is 3.38. The Morgan fingerprint density at radius 2 is 1.61 bits per heavy atom. The molecule has 184 valence electrons. The fraction of sp³-hybridized carbons (Fsp3) is 0.583. The van der Waals surface area contributed by atoms with Crippen molar-refractivity contribution in [2.75, 3.05) is 26.2 Å². The molecule has 0 spiro atoms. The van der Waals surface area contributed by atoms with Crippen molar-refractivity contribution in [2.45, 2.75) is 67.4 Å². The number of H-pyrrole nitrogens is 1. The van der Waals surface area contributed by atoms with Crippen LogP contribution < -0.4 is 5.56 Å². The summed E-state index contributed by atoms with van der Waals surface area (Å²) in [5.74, 6) is -0.284. The van der Waals surface area contributed by atoms with Crippen LogP contribution in [0.15, 0.2) is 16.9 Å². The molecule has 0 unspecified atom stereocenters. The highest BCUT2D eigenvalue weighted by Gasteiger charge is 2.29. The number of fused-ring (bicyclic) bond motifs is 1. The number of aromatic amines is 1. The number of nitrogens with zero attached hydrogens (tertiary/aromatic N) is 3. The number of ether oxygens (including phenoxy) is 1. The van der Waals surface area contributed by atoms with Gasteiger partial charge in [-0.3, -0.25) is 9.59 Å². The van der Waals surface area contributed by atoms with E-state index in [1.165, 1.54) is 0 Å². The molecule has 2 amide bonds. The normalized spacial score (nSPS) is 13.5. The summed E-state index contributed by atoms with van der Waals surface area (Å²) in [5.41, 5.74) is 1.07. The predicted octanol–water partition coefficient (Wildman–Crippen LogP) is 4.88. The van der Waals surface area contributed by atoms with E-state index in [4.69, 9.17) is 16.3 Å². The Labute approximate surface area is 201 Å². The minimum absolute atomic E-state index is 0.0890. The van der Waals surface area contributed by atoms with Crippen LogP contribution in [0.1, 0.15) is 71.3 Å². The third-order valence-electron chi connectivity index (χ3n) is 4.69. The lowest BCUT2D eigenvalue weighted by atomic mass is 10.1. The van der Waals surface area contributed by atoms with Gasteiger partial charge in [0, 0.05) is 31.7 Å². The van der Waals surface area contributed by atoms with Gasteiger partial charge in [-0.05, 0) is 39.3 Å². The Morgan fingerprint density at radius 3 is 2.12 bits per heavy atom. The molecule has 1 N–H and O–H groups in total. The minimum Gasteiger partial charge on any atom is -0.444 e. The summed E-state index contributed by atoms with van der Waals surface area (Å²) in [6, 6.07) is 3.25. The number of hydrogen-bond acceptors (Lipinski definition) is 5. The number of pyridine rings is 2. The lowest BCUT2D eigenvalue weighted by Crippen LogP contribution is -2.51. The molecule has 0 aliphatic carbocycles. The van der Waals surface area contributed by atoms with Gasteiger partial charge in [-0.15, -0.1) is 0 Å². The lowest BCUT2D eigenvalue weighted by Gasteiger charge is -2.35. The van der Waals surface area contributed by atoms with Gasteiger partial charge in [-0.25, -0.2) is 9.78 Å². The standard InChI is InChI=1S/C20H25ClN4O4.2C2H6/c1-5-12-10-14-15(23-17(12)26)11-13(16(21)22-14)18(27)24-6-8-25(9-7-24)19(28)29-20(2,3)4;2*1-2/h10-11H,5-9H2,1-4H3,(H,23,26);2*1-2H3. The average Bonchev–Trinajstić information content (AvgIpc) is 2.79. The lowest BCUT2D eigenvalue weighted by molar-refractivity contribution is 0.0141. The second-order valence-corrected chi connectivity index (χ2v) is 8.35. The summed E-state index contributed by atoms with van der Waals surface area (Å²) in [7, 11) is 0. The number of aryl methyl sites for hydroxylation is 1. The topological polar surface area (TPSA) is 95.6 Å². The van der Waals surface area contributed by atoms with Crippen LogP contribution in [0.25, 0.3) is 11.0 Å². The first-order valence-corrected chi connectivity index (χ1v) is 12.0. The maximum Gasteiger partial charge on any atom is 0.410 e. The van der Waals surface area contributed by atoms with Gasteiger partial charge in [0.05, 0.1) is 16.6 Å². The average molecular weight is 481 g/mol. The largest absolute Gasteiger partial charge is 0.444 e. The van der Waals surface area contributed by atoms with Crippen molar-refractivity contribution in [3.05, 3.63) is 38.8 Å². The second-order valence-electron chi connectivity index (χ2n) is 8.00. The van der Waals surface area contributed by atoms with E-state index in [0.29, 0.717) is 49.2 Å². The molecule has 2 aromatic heterocycles. The van der Waals surface area contributed by atoms with E-state index in [0.717, 1.165) is 0 Å². The van der Waals surface area contributed by atoms with Crippen LogP contribution in [0.4, 0.5) is 4.79 Å². The molecule has 1 aliphatic heterocycles. The first-order chi connectivity index (χ1) is 15.6. The van der Waals surface area contributed by atoms with Crippen molar-refractivity contribution in [3.8, 4) is 0 Å². The van der Waals surface area contributed by atoms with Crippen molar-refractivity contribution < 1.29 is 14.3 Å². The molecule has 3 heterocycles. The van der Waals surface area contributed by atoms with Gasteiger partial charge in [-0.2, -0.15) is 0 Å². The van der Waals surface area contributed by atoms with Crippen LogP contribution in [0.3, 0.4) is 0 Å². The van der Waals surface area contributed by atoms with E-state index >= 15 is 0 Å². The highest BCUT2D eigenvalue weighted by atomic mass is 35.5. The van der Waals surface area contributed by atoms with E-state index < -0.39 is 5.60 Å². The van der Waals surface area contributed by atoms with Gasteiger partial charge in [-0.1, -0.05) is 46.2 Å². The zero-order valence-electron chi connectivity index (χ0n) is 21.0. The summed E-state index contributed by atoms with van der Waals surface area (Å²) >= 11 is 6.27. The Morgan fingerprint density at radius 1 is 1.06 bits per heavy atom. The van der Waals surface area contributed by atoms with E-state index in [2.05, 4.69) is 9.97 Å². The molecule has 8 nitrogen and oxygen atoms in total. The molecule has 3 rings (SSSR count). The zero-order chi connectivity index (χ0) is 25.3. The number of aromatic nitrogens is 2. The number of carbonyl (C=O) groups excluding carboxylic acids is 2. The van der Waals surface area contributed by atoms with Crippen LogP contribution in [-0.2, 0) is 11.2 Å². The molecule has 0 radical (unpaired) electrons. The Bertz CT molecular complexity index is 1010. The Kier molecular flexibility index (Phi) is 10.8. The van der Waals surface area contributed by atoms with Crippen molar-refractivity contribution in [3.63, 3.8) is 0 Å². The van der Waals surface area contributed by atoms with E-state index in [-0.39, 0.29) is 28.3 Å². The van der Waals surface area contributed by atoms with Gasteiger partial charge in [0.15, 0.2) is 0 Å². The van der Waals surface area contributed by atoms with Crippen LogP contribution >= 0.6 is 11.6 Å². The predicted molar refractivity (Wildman–Crippen MR) is 133 cm³/mol. The highest BCUT2D eigenvalue weighted by Crippen LogP contribution is 2.22. The number of halogens is 1. The van der Waals surface area contributed by atoms with Gasteiger partial charge < -0.3 is 19.5 Å². The Balaban J connectivity index is 0.00000129. The van der Waals surface area contributed by atoms with Crippen LogP contribution in [0, 0.1) is 0 Å². The van der Waals surface area contributed by atoms with Crippen LogP contribution in [0.5, 0.6) is 0 Å². The second kappa shape index (κ2) is 12.6. The number of hydrogen-bond donors (Lipinski definition) is 1. The molecule has 0 aromatic carbocycles. The van der Waals surface area contributed by atoms with Gasteiger partial charge in [0.25, 0.3) is 11.5 Å². The molecule has 1 fully saturated rings. The van der Waals surface area contributed by atoms with E-state index in [1.54, 1.807) is 21.9 Å². The summed E-state index contributed by atoms with van der Waals surface area (Å²) in [6.07, 6.45) is 0.187. The molecule has 33 heavy (non-hydrogen) atoms. The maximum absolute atomic E-state index is 13.0. The van der Waals surface area contributed by atoms with Crippen molar-refractivity contribution in [2.24, 2.45) is 0 Å². The minimum atomic E-state index is -0.567. The third-order valence-corrected chi connectivity index (χ3v) is 4.97. The zero-order valence-corrected chi connectivity index (χ0v) is 21.8. The number of rotatable bonds is 2. The summed E-state index contributed by atoms with van der Waals surface area (Å²) in [5, 5.41) is 0.0890. The van der Waals surface area contributed by atoms with Gasteiger partial charge >= 0.3 is 6.09 Å². The first kappa shape index (κ1) is 28.4. The molecule has 1 saturated heterocycles. The summed E-state index contributed by atoms with van der Waals surface area (Å²) in [4.78, 5) is 47.5. The quantitative estimate of drug-likeness (QED) is 0.617. The summed E-state index contributed by atoms with van der Waals surface area (Å²) in [6.45, 7) is 16.8. The smallest absolute Gasteiger partial charge is 0.410 e. The maximum atomic E-state index is 13.0. The van der Waals surface area contributed by atoms with Gasteiger partial charge in [0.2, 0.25) is 0 Å². The van der Waals surface area contributed by atoms with Crippen molar-refractivity contribution in [1.29, 1.82) is 0 Å². The number of carbonyl (C=O) groups is 2. The molecular formula is C24H37ClN4O4. The molecule has 9 heteroatoms. The SMILES string of the molecule is CC.CC.CCc1cc2nc(Cl)c(C(=O)N3CCN(C(=O)OC(C)(C)C)CC3)cc2[nH]c1=O. The molecule has 0 atom stereocenters. The van der Waals surface area contributed by atoms with Crippen molar-refractivity contribution in [1.82, 2.24) is 19.8 Å². The molecular weight excluding hydrogens is 444 g/mol. The molecule has 0 saturated carbocycles. The number of piperazine rings is 1. The monoisotopic (exact) mass is 480 g/mol. The van der Waals surface area contributed by atoms with Gasteiger partial charge in [0.1, 0.15) is 10.8 Å². The third kappa shape index (κ3) is 7.45. The number of amides is 2. The molecule has 0 bridgehead atoms. The summed E-state index contributed by atoms with van der Waals surface area (Å²) < 4.78 is 5.37. The van der Waals surface area contributed by atoms with Crippen molar-refractivity contribution >= 4 is 34.6 Å². The van der Waals surface area contributed by atoms with Crippen LogP contribution in [0.2, 0.25) is 5.15 Å². The molecule has 1 aliphatic rings. The van der Waals surface area contributed by atoms with Crippen LogP contribution in [-0.4, -0.2) is 63.5 Å². The fourth-order valence-electron chi connectivity index (χ4n) is 3.15. The first-order valence-electron chi connectivity index (χ1n) is 11.6. The highest BCUT2D eigenvalue weighted by molar-refractivity contribution is 6.33. The Hall–Kier alpha value is -2.61. The number of nitrogens with one attached hydrogen (secondary N) is 1. The van der Waals surface area contributed by atoms with E-state index in [1.807, 2.05) is 55.4 Å².